The Morgan fingerprint density at radius 1 is 1.29 bits per heavy atom. The molecule has 1 rings (SSSR count). The number of carbonyl (C=O) groups excluding carboxylic acids is 2. The van der Waals surface area contributed by atoms with E-state index in [0.717, 1.165) is 6.07 Å². The molecule has 0 aromatic heterocycles. The van der Waals surface area contributed by atoms with Crippen molar-refractivity contribution < 1.29 is 23.1 Å². The summed E-state index contributed by atoms with van der Waals surface area (Å²) in [6.45, 7) is 6.83. The molecule has 0 aliphatic carbocycles. The Morgan fingerprint density at radius 3 is 2.43 bits per heavy atom. The molecule has 6 heteroatoms. The van der Waals surface area contributed by atoms with Gasteiger partial charge in [-0.05, 0) is 24.5 Å². The number of carbonyl (C=O) groups is 2. The van der Waals surface area contributed by atoms with Gasteiger partial charge in [-0.25, -0.2) is 8.78 Å². The molecule has 116 valence electrons. The lowest BCUT2D eigenvalue weighted by Gasteiger charge is -2.27. The summed E-state index contributed by atoms with van der Waals surface area (Å²) < 4.78 is 31.6. The van der Waals surface area contributed by atoms with E-state index < -0.39 is 34.8 Å². The second kappa shape index (κ2) is 6.65. The number of anilines is 1. The minimum absolute atomic E-state index is 0.132. The van der Waals surface area contributed by atoms with E-state index in [1.807, 2.05) is 0 Å². The fourth-order valence-electron chi connectivity index (χ4n) is 1.88. The molecule has 1 atom stereocenters. The van der Waals surface area contributed by atoms with Gasteiger partial charge in [0.25, 0.3) is 0 Å². The number of rotatable bonds is 4. The average Bonchev–Trinajstić information content (AvgIpc) is 2.33. The third kappa shape index (κ3) is 4.24. The van der Waals surface area contributed by atoms with Crippen LogP contribution in [0.5, 0.6) is 0 Å². The van der Waals surface area contributed by atoms with Crippen LogP contribution in [0.3, 0.4) is 0 Å². The zero-order valence-electron chi connectivity index (χ0n) is 12.5. The number of benzene rings is 1. The van der Waals surface area contributed by atoms with E-state index in [9.17, 15) is 18.4 Å². The maximum absolute atomic E-state index is 13.6. The summed E-state index contributed by atoms with van der Waals surface area (Å²) >= 11 is 0. The third-order valence-corrected chi connectivity index (χ3v) is 2.86. The SMILES string of the molecule is CCOC(=O)C(C(=O)Nc1cccc(F)c1F)C(C)(C)C. The van der Waals surface area contributed by atoms with Crippen LogP contribution < -0.4 is 5.32 Å². The zero-order valence-corrected chi connectivity index (χ0v) is 12.5. The fourth-order valence-corrected chi connectivity index (χ4v) is 1.88. The molecule has 0 spiro atoms. The topological polar surface area (TPSA) is 55.4 Å². The van der Waals surface area contributed by atoms with Gasteiger partial charge in [-0.1, -0.05) is 26.8 Å². The van der Waals surface area contributed by atoms with E-state index in [2.05, 4.69) is 5.32 Å². The number of nitrogens with one attached hydrogen (secondary N) is 1. The summed E-state index contributed by atoms with van der Waals surface area (Å²) in [6, 6.07) is 3.43. The first kappa shape index (κ1) is 17.1. The first-order valence-corrected chi connectivity index (χ1v) is 6.60. The van der Waals surface area contributed by atoms with Gasteiger partial charge in [0.1, 0.15) is 5.92 Å². The molecule has 0 aliphatic heterocycles. The standard InChI is InChI=1S/C15H19F2NO3/c1-5-21-14(20)11(15(2,3)4)13(19)18-10-8-6-7-9(16)12(10)17/h6-8,11H,5H2,1-4H3,(H,18,19). The summed E-state index contributed by atoms with van der Waals surface area (Å²) in [7, 11) is 0. The minimum Gasteiger partial charge on any atom is -0.465 e. The van der Waals surface area contributed by atoms with Crippen molar-refractivity contribution in [3.8, 4) is 0 Å². The Balaban J connectivity index is 3.02. The van der Waals surface area contributed by atoms with Gasteiger partial charge in [0.2, 0.25) is 5.91 Å². The molecule has 0 saturated heterocycles. The Bertz CT molecular complexity index is 538. The summed E-state index contributed by atoms with van der Waals surface area (Å²) in [4.78, 5) is 24.2. The highest BCUT2D eigenvalue weighted by molar-refractivity contribution is 6.05. The van der Waals surface area contributed by atoms with E-state index >= 15 is 0 Å². The summed E-state index contributed by atoms with van der Waals surface area (Å²) in [5.41, 5.74) is -1.03. The maximum atomic E-state index is 13.6. The summed E-state index contributed by atoms with van der Waals surface area (Å²) in [6.07, 6.45) is 0. The Morgan fingerprint density at radius 2 is 1.90 bits per heavy atom. The molecular formula is C15H19F2NO3. The number of amides is 1. The highest BCUT2D eigenvalue weighted by Crippen LogP contribution is 2.29. The number of hydrogen-bond acceptors (Lipinski definition) is 3. The fraction of sp³-hybridized carbons (Fsp3) is 0.467. The van der Waals surface area contributed by atoms with E-state index in [-0.39, 0.29) is 12.3 Å². The van der Waals surface area contributed by atoms with Crippen LogP contribution in [0.15, 0.2) is 18.2 Å². The van der Waals surface area contributed by atoms with Crippen molar-refractivity contribution in [3.05, 3.63) is 29.8 Å². The Hall–Kier alpha value is -1.98. The average molecular weight is 299 g/mol. The molecule has 0 fully saturated rings. The molecule has 1 aromatic rings. The second-order valence-electron chi connectivity index (χ2n) is 5.64. The molecule has 0 radical (unpaired) electrons. The number of esters is 1. The van der Waals surface area contributed by atoms with Crippen molar-refractivity contribution in [2.24, 2.45) is 11.3 Å². The van der Waals surface area contributed by atoms with E-state index in [0.29, 0.717) is 0 Å². The van der Waals surface area contributed by atoms with Crippen LogP contribution >= 0.6 is 0 Å². The van der Waals surface area contributed by atoms with Crippen molar-refractivity contribution in [2.45, 2.75) is 27.7 Å². The molecule has 1 N–H and O–H groups in total. The third-order valence-electron chi connectivity index (χ3n) is 2.86. The van der Waals surface area contributed by atoms with E-state index in [1.165, 1.54) is 12.1 Å². The summed E-state index contributed by atoms with van der Waals surface area (Å²) in [5.74, 6) is -4.79. The van der Waals surface area contributed by atoms with Gasteiger partial charge in [-0.3, -0.25) is 9.59 Å². The largest absolute Gasteiger partial charge is 0.465 e. The second-order valence-corrected chi connectivity index (χ2v) is 5.64. The van der Waals surface area contributed by atoms with Crippen LogP contribution in [0.1, 0.15) is 27.7 Å². The monoisotopic (exact) mass is 299 g/mol. The lowest BCUT2D eigenvalue weighted by atomic mass is 9.80. The first-order valence-electron chi connectivity index (χ1n) is 6.60. The summed E-state index contributed by atoms with van der Waals surface area (Å²) in [5, 5.41) is 2.24. The van der Waals surface area contributed by atoms with Crippen molar-refractivity contribution in [2.75, 3.05) is 11.9 Å². The van der Waals surface area contributed by atoms with Crippen molar-refractivity contribution in [1.29, 1.82) is 0 Å². The van der Waals surface area contributed by atoms with Gasteiger partial charge in [-0.15, -0.1) is 0 Å². The molecule has 1 amide bonds. The number of halogens is 2. The molecule has 0 heterocycles. The lowest BCUT2D eigenvalue weighted by molar-refractivity contribution is -0.155. The van der Waals surface area contributed by atoms with Crippen molar-refractivity contribution >= 4 is 17.6 Å². The Kier molecular flexibility index (Phi) is 5.41. The minimum atomic E-state index is -1.16. The van der Waals surface area contributed by atoms with Crippen LogP contribution in [-0.2, 0) is 14.3 Å². The molecule has 1 unspecified atom stereocenters. The van der Waals surface area contributed by atoms with E-state index in [1.54, 1.807) is 27.7 Å². The number of ether oxygens (including phenoxy) is 1. The molecule has 4 nitrogen and oxygen atoms in total. The smallest absolute Gasteiger partial charge is 0.319 e. The van der Waals surface area contributed by atoms with Crippen LogP contribution in [0.2, 0.25) is 0 Å². The molecule has 1 aromatic carbocycles. The molecule has 21 heavy (non-hydrogen) atoms. The van der Waals surface area contributed by atoms with Gasteiger partial charge >= 0.3 is 5.97 Å². The van der Waals surface area contributed by atoms with Gasteiger partial charge in [-0.2, -0.15) is 0 Å². The van der Waals surface area contributed by atoms with Gasteiger partial charge in [0, 0.05) is 0 Å². The first-order chi connectivity index (χ1) is 9.68. The van der Waals surface area contributed by atoms with Crippen LogP contribution in [0.4, 0.5) is 14.5 Å². The van der Waals surface area contributed by atoms with Gasteiger partial charge in [0.05, 0.1) is 12.3 Å². The normalized spacial score (nSPS) is 12.7. The quantitative estimate of drug-likeness (QED) is 0.686. The van der Waals surface area contributed by atoms with E-state index in [4.69, 9.17) is 4.74 Å². The van der Waals surface area contributed by atoms with Crippen LogP contribution in [0, 0.1) is 23.0 Å². The highest BCUT2D eigenvalue weighted by Gasteiger charge is 2.39. The lowest BCUT2D eigenvalue weighted by Crippen LogP contribution is -2.40. The molecule has 0 saturated carbocycles. The number of hydrogen-bond donors (Lipinski definition) is 1. The van der Waals surface area contributed by atoms with Crippen molar-refractivity contribution in [1.82, 2.24) is 0 Å². The van der Waals surface area contributed by atoms with Crippen molar-refractivity contribution in [3.63, 3.8) is 0 Å². The zero-order chi connectivity index (χ0) is 16.2. The van der Waals surface area contributed by atoms with Gasteiger partial charge in [0.15, 0.2) is 11.6 Å². The van der Waals surface area contributed by atoms with Crippen LogP contribution in [0.25, 0.3) is 0 Å². The van der Waals surface area contributed by atoms with Gasteiger partial charge < -0.3 is 10.1 Å². The highest BCUT2D eigenvalue weighted by atomic mass is 19.2. The predicted molar refractivity (Wildman–Crippen MR) is 74.6 cm³/mol. The Labute approximate surface area is 122 Å². The molecule has 0 bridgehead atoms. The predicted octanol–water partition coefficient (Wildman–Crippen LogP) is 3.13. The van der Waals surface area contributed by atoms with Crippen LogP contribution in [-0.4, -0.2) is 18.5 Å². The molecule has 0 aliphatic rings. The maximum Gasteiger partial charge on any atom is 0.319 e. The molecular weight excluding hydrogens is 280 g/mol.